The average molecular weight is 397 g/mol. The molecular formula is C22H27N3O4. The third-order valence-electron chi connectivity index (χ3n) is 5.66. The zero-order valence-corrected chi connectivity index (χ0v) is 16.7. The number of likely N-dealkylation sites (tertiary alicyclic amines) is 1. The van der Waals surface area contributed by atoms with Gasteiger partial charge in [-0.2, -0.15) is 0 Å². The highest BCUT2D eigenvalue weighted by molar-refractivity contribution is 5.92. The molecule has 2 aromatic rings. The molecule has 2 atom stereocenters. The number of amides is 1. The Morgan fingerprint density at radius 2 is 2.14 bits per heavy atom. The molecule has 1 amide bonds. The van der Waals surface area contributed by atoms with Gasteiger partial charge in [0.2, 0.25) is 5.91 Å². The number of aromatic nitrogens is 1. The van der Waals surface area contributed by atoms with Crippen LogP contribution in [0.2, 0.25) is 0 Å². The lowest BCUT2D eigenvalue weighted by Crippen LogP contribution is -2.57. The maximum Gasteiger partial charge on any atom is 0.238 e. The number of carbonyl (C=O) groups is 1. The molecule has 2 saturated heterocycles. The van der Waals surface area contributed by atoms with Crippen LogP contribution in [0.4, 0.5) is 5.69 Å². The Bertz CT molecular complexity index is 807. The van der Waals surface area contributed by atoms with Gasteiger partial charge in [0, 0.05) is 38.7 Å². The highest BCUT2D eigenvalue weighted by Crippen LogP contribution is 2.37. The van der Waals surface area contributed by atoms with Gasteiger partial charge in [0.15, 0.2) is 0 Å². The smallest absolute Gasteiger partial charge is 0.238 e. The molecule has 3 heterocycles. The van der Waals surface area contributed by atoms with E-state index in [4.69, 9.17) is 14.2 Å². The highest BCUT2D eigenvalue weighted by Gasteiger charge is 2.46. The van der Waals surface area contributed by atoms with Crippen LogP contribution in [-0.4, -0.2) is 60.8 Å². The number of methoxy groups -OCH3 is 1. The van der Waals surface area contributed by atoms with Crippen molar-refractivity contribution in [2.45, 2.75) is 31.0 Å². The molecule has 0 bridgehead atoms. The number of hydrogen-bond acceptors (Lipinski definition) is 6. The van der Waals surface area contributed by atoms with Crippen molar-refractivity contribution in [2.24, 2.45) is 0 Å². The molecule has 2 fully saturated rings. The van der Waals surface area contributed by atoms with E-state index in [0.29, 0.717) is 24.6 Å². The molecular weight excluding hydrogens is 370 g/mol. The van der Waals surface area contributed by atoms with Crippen LogP contribution in [-0.2, 0) is 14.3 Å². The molecule has 0 aliphatic carbocycles. The molecule has 154 valence electrons. The number of piperidine rings is 1. The Hall–Kier alpha value is -2.48. The van der Waals surface area contributed by atoms with Gasteiger partial charge in [-0.1, -0.05) is 0 Å². The first-order valence-electron chi connectivity index (χ1n) is 10.0. The van der Waals surface area contributed by atoms with Gasteiger partial charge >= 0.3 is 0 Å². The maximum atomic E-state index is 12.5. The van der Waals surface area contributed by atoms with Gasteiger partial charge in [-0.15, -0.1) is 0 Å². The van der Waals surface area contributed by atoms with Crippen LogP contribution in [0.15, 0.2) is 48.8 Å². The van der Waals surface area contributed by atoms with E-state index < -0.39 is 0 Å². The SMILES string of the molecule is CO[C@H]1CN(CC(=O)Nc2ccc(Oc3cccnc3)cc2)CC[C@]12CCCO2. The quantitative estimate of drug-likeness (QED) is 0.808. The maximum absolute atomic E-state index is 12.5. The molecule has 1 spiro atoms. The Labute approximate surface area is 171 Å². The van der Waals surface area contributed by atoms with E-state index in [1.54, 1.807) is 19.5 Å². The van der Waals surface area contributed by atoms with Crippen LogP contribution in [0.25, 0.3) is 0 Å². The van der Waals surface area contributed by atoms with Gasteiger partial charge in [-0.25, -0.2) is 0 Å². The molecule has 0 saturated carbocycles. The Kier molecular flexibility index (Phi) is 6.08. The first kappa shape index (κ1) is 19.8. The molecule has 2 aliphatic rings. The van der Waals surface area contributed by atoms with Gasteiger partial charge in [0.1, 0.15) is 11.5 Å². The monoisotopic (exact) mass is 397 g/mol. The molecule has 1 N–H and O–H groups in total. The number of ether oxygens (including phenoxy) is 3. The van der Waals surface area contributed by atoms with E-state index in [1.807, 2.05) is 36.4 Å². The summed E-state index contributed by atoms with van der Waals surface area (Å²) < 4.78 is 17.4. The number of carbonyl (C=O) groups excluding carboxylic acids is 1. The zero-order valence-electron chi connectivity index (χ0n) is 16.7. The summed E-state index contributed by atoms with van der Waals surface area (Å²) in [6.45, 7) is 2.69. The molecule has 1 aromatic carbocycles. The number of rotatable bonds is 6. The second kappa shape index (κ2) is 8.90. The lowest BCUT2D eigenvalue weighted by Gasteiger charge is -2.44. The van der Waals surface area contributed by atoms with Crippen molar-refractivity contribution in [3.8, 4) is 11.5 Å². The third-order valence-corrected chi connectivity index (χ3v) is 5.66. The topological polar surface area (TPSA) is 72.9 Å². The Balaban J connectivity index is 1.28. The van der Waals surface area contributed by atoms with Crippen molar-refractivity contribution in [1.29, 1.82) is 0 Å². The van der Waals surface area contributed by atoms with Crippen LogP contribution in [0.5, 0.6) is 11.5 Å². The molecule has 2 aliphatic heterocycles. The van der Waals surface area contributed by atoms with E-state index in [0.717, 1.165) is 38.1 Å². The molecule has 1 aromatic heterocycles. The minimum Gasteiger partial charge on any atom is -0.456 e. The van der Waals surface area contributed by atoms with Crippen molar-refractivity contribution >= 4 is 11.6 Å². The van der Waals surface area contributed by atoms with Crippen LogP contribution in [0, 0.1) is 0 Å². The van der Waals surface area contributed by atoms with Crippen molar-refractivity contribution in [3.63, 3.8) is 0 Å². The summed E-state index contributed by atoms with van der Waals surface area (Å²) >= 11 is 0. The van der Waals surface area contributed by atoms with Gasteiger partial charge in [0.05, 0.1) is 24.4 Å². The number of benzene rings is 1. The Morgan fingerprint density at radius 3 is 2.83 bits per heavy atom. The van der Waals surface area contributed by atoms with E-state index in [-0.39, 0.29) is 17.6 Å². The minimum absolute atomic E-state index is 0.00968. The van der Waals surface area contributed by atoms with Crippen molar-refractivity contribution < 1.29 is 19.0 Å². The molecule has 4 rings (SSSR count). The summed E-state index contributed by atoms with van der Waals surface area (Å²) in [4.78, 5) is 18.7. The summed E-state index contributed by atoms with van der Waals surface area (Å²) in [5, 5.41) is 2.95. The van der Waals surface area contributed by atoms with Crippen LogP contribution >= 0.6 is 0 Å². The fourth-order valence-corrected chi connectivity index (χ4v) is 4.16. The number of nitrogens with one attached hydrogen (secondary N) is 1. The van der Waals surface area contributed by atoms with E-state index >= 15 is 0 Å². The molecule has 7 heteroatoms. The first-order chi connectivity index (χ1) is 14.2. The average Bonchev–Trinajstić information content (AvgIpc) is 3.21. The normalized spacial score (nSPS) is 24.5. The summed E-state index contributed by atoms with van der Waals surface area (Å²) in [6, 6.07) is 11.0. The third kappa shape index (κ3) is 4.75. The second-order valence-electron chi connectivity index (χ2n) is 7.59. The predicted molar refractivity (Wildman–Crippen MR) is 109 cm³/mol. The number of anilines is 1. The van der Waals surface area contributed by atoms with Crippen molar-refractivity contribution in [2.75, 3.05) is 38.7 Å². The summed E-state index contributed by atoms with van der Waals surface area (Å²) in [5.41, 5.74) is 0.579. The number of nitrogens with zero attached hydrogens (tertiary/aromatic N) is 2. The van der Waals surface area contributed by atoms with Gasteiger partial charge in [-0.05, 0) is 55.7 Å². The van der Waals surface area contributed by atoms with Crippen LogP contribution in [0.1, 0.15) is 19.3 Å². The number of pyridine rings is 1. The molecule has 0 unspecified atom stereocenters. The lowest BCUT2D eigenvalue weighted by molar-refractivity contribution is -0.145. The van der Waals surface area contributed by atoms with Gasteiger partial charge in [0.25, 0.3) is 0 Å². The fraction of sp³-hybridized carbons (Fsp3) is 0.455. The standard InChI is InChI=1S/C22H27N3O4/c1-27-20-15-25(12-10-22(20)9-3-13-28-22)16-21(26)24-17-5-7-18(8-6-17)29-19-4-2-11-23-14-19/h2,4-8,11,14,20H,3,9-10,12-13,15-16H2,1H3,(H,24,26)/t20-,22+/m0/s1. The Morgan fingerprint density at radius 1 is 1.28 bits per heavy atom. The molecule has 7 nitrogen and oxygen atoms in total. The lowest BCUT2D eigenvalue weighted by atomic mass is 9.86. The largest absolute Gasteiger partial charge is 0.456 e. The van der Waals surface area contributed by atoms with E-state index in [9.17, 15) is 4.79 Å². The van der Waals surface area contributed by atoms with Crippen LogP contribution in [0.3, 0.4) is 0 Å². The van der Waals surface area contributed by atoms with Gasteiger partial charge < -0.3 is 19.5 Å². The van der Waals surface area contributed by atoms with Crippen molar-refractivity contribution in [3.05, 3.63) is 48.8 Å². The summed E-state index contributed by atoms with van der Waals surface area (Å²) in [6.07, 6.45) is 6.39. The molecule has 29 heavy (non-hydrogen) atoms. The van der Waals surface area contributed by atoms with E-state index in [2.05, 4.69) is 15.2 Å². The van der Waals surface area contributed by atoms with Crippen LogP contribution < -0.4 is 10.1 Å². The van der Waals surface area contributed by atoms with Gasteiger partial charge in [-0.3, -0.25) is 14.7 Å². The second-order valence-corrected chi connectivity index (χ2v) is 7.59. The van der Waals surface area contributed by atoms with Crippen molar-refractivity contribution in [1.82, 2.24) is 9.88 Å². The summed E-state index contributed by atoms with van der Waals surface area (Å²) in [7, 11) is 1.73. The minimum atomic E-state index is -0.161. The van der Waals surface area contributed by atoms with E-state index in [1.165, 1.54) is 0 Å². The highest BCUT2D eigenvalue weighted by atomic mass is 16.5. The number of hydrogen-bond donors (Lipinski definition) is 1. The summed E-state index contributed by atoms with van der Waals surface area (Å²) in [5.74, 6) is 1.33. The fourth-order valence-electron chi connectivity index (χ4n) is 4.16. The zero-order chi connectivity index (χ0) is 20.1. The molecule has 0 radical (unpaired) electrons. The first-order valence-corrected chi connectivity index (χ1v) is 10.0. The predicted octanol–water partition coefficient (Wildman–Crippen LogP) is 3.08.